The number of hydrogen-bond acceptors (Lipinski definition) is 5. The highest BCUT2D eigenvalue weighted by molar-refractivity contribution is 9.10. The van der Waals surface area contributed by atoms with Gasteiger partial charge >= 0.3 is 5.97 Å². The molecular weight excluding hydrogens is 402 g/mol. The van der Waals surface area contributed by atoms with E-state index < -0.39 is 5.97 Å². The van der Waals surface area contributed by atoms with E-state index in [9.17, 15) is 14.7 Å². The topological polar surface area (TPSA) is 76.1 Å². The maximum absolute atomic E-state index is 13.0. The number of nitrogens with zero attached hydrogens (tertiary/aromatic N) is 1. The van der Waals surface area contributed by atoms with Crippen molar-refractivity contribution in [3.05, 3.63) is 45.1 Å². The van der Waals surface area contributed by atoms with Crippen LogP contribution in [-0.4, -0.2) is 48.2 Å². The van der Waals surface area contributed by atoms with Crippen LogP contribution in [0, 0.1) is 0 Å². The highest BCUT2D eigenvalue weighted by Gasteiger charge is 2.38. The molecule has 0 saturated carbocycles. The van der Waals surface area contributed by atoms with E-state index in [1.165, 1.54) is 19.3 Å². The lowest BCUT2D eigenvalue weighted by Crippen LogP contribution is -2.33. The van der Waals surface area contributed by atoms with Crippen LogP contribution >= 0.6 is 15.9 Å². The third kappa shape index (κ3) is 3.54. The summed E-state index contributed by atoms with van der Waals surface area (Å²) in [4.78, 5) is 26.9. The Morgan fingerprint density at radius 3 is 2.92 bits per heavy atom. The van der Waals surface area contributed by atoms with Gasteiger partial charge in [0.25, 0.3) is 5.91 Å². The van der Waals surface area contributed by atoms with Gasteiger partial charge in [0.15, 0.2) is 0 Å². The number of phenolic OH excluding ortho intramolecular Hbond substituents is 1. The molecule has 0 radical (unpaired) electrons. The zero-order valence-corrected chi connectivity index (χ0v) is 16.2. The molecule has 0 bridgehead atoms. The maximum atomic E-state index is 13.0. The Bertz CT molecular complexity index is 808. The van der Waals surface area contributed by atoms with Crippen molar-refractivity contribution in [2.75, 3.05) is 20.3 Å². The Labute approximate surface area is 160 Å². The van der Waals surface area contributed by atoms with Gasteiger partial charge in [0.2, 0.25) is 0 Å². The van der Waals surface area contributed by atoms with E-state index >= 15 is 0 Å². The molecule has 0 spiro atoms. The molecule has 3 rings (SSSR count). The van der Waals surface area contributed by atoms with E-state index in [0.29, 0.717) is 24.4 Å². The third-order valence-electron chi connectivity index (χ3n) is 4.60. The van der Waals surface area contributed by atoms with Gasteiger partial charge in [0.05, 0.1) is 30.9 Å². The van der Waals surface area contributed by atoms with Gasteiger partial charge in [-0.1, -0.05) is 15.9 Å². The first-order valence-corrected chi connectivity index (χ1v) is 9.15. The molecular formula is C19H20BrNO5. The molecule has 1 amide bonds. The number of ether oxygens (including phenoxy) is 2. The molecule has 2 heterocycles. The summed E-state index contributed by atoms with van der Waals surface area (Å²) in [5.74, 6) is -0.850. The smallest absolute Gasteiger partial charge is 0.340 e. The number of carbonyl (C=O) groups excluding carboxylic acids is 2. The molecule has 7 heteroatoms. The van der Waals surface area contributed by atoms with E-state index in [2.05, 4.69) is 15.9 Å². The highest BCUT2D eigenvalue weighted by Crippen LogP contribution is 2.34. The number of aromatic hydroxyl groups is 1. The first-order chi connectivity index (χ1) is 12.4. The zero-order valence-electron chi connectivity index (χ0n) is 14.6. The molecule has 2 aliphatic rings. The van der Waals surface area contributed by atoms with Crippen LogP contribution in [0.3, 0.4) is 0 Å². The quantitative estimate of drug-likeness (QED) is 0.597. The average molecular weight is 422 g/mol. The Morgan fingerprint density at radius 1 is 1.50 bits per heavy atom. The number of methoxy groups -OCH3 is 1. The van der Waals surface area contributed by atoms with Crippen molar-refractivity contribution in [2.24, 2.45) is 0 Å². The second-order valence-corrected chi connectivity index (χ2v) is 7.18. The molecule has 1 unspecified atom stereocenters. The maximum Gasteiger partial charge on any atom is 0.340 e. The lowest BCUT2D eigenvalue weighted by molar-refractivity contribution is -0.136. The fourth-order valence-electron chi connectivity index (χ4n) is 3.24. The molecule has 1 aromatic rings. The van der Waals surface area contributed by atoms with E-state index in [4.69, 9.17) is 9.47 Å². The Hall–Kier alpha value is -2.12. The molecule has 6 nitrogen and oxygen atoms in total. The van der Waals surface area contributed by atoms with Crippen molar-refractivity contribution in [3.63, 3.8) is 0 Å². The molecule has 26 heavy (non-hydrogen) atoms. The average Bonchev–Trinajstić information content (AvgIpc) is 3.21. The lowest BCUT2D eigenvalue weighted by atomic mass is 10.0. The first kappa shape index (κ1) is 18.7. The minimum atomic E-state index is -0.577. The summed E-state index contributed by atoms with van der Waals surface area (Å²) in [6.07, 6.45) is 3.34. The second kappa shape index (κ2) is 7.63. The number of benzene rings is 1. The third-order valence-corrected chi connectivity index (χ3v) is 5.09. The zero-order chi connectivity index (χ0) is 18.8. The number of rotatable bonds is 4. The van der Waals surface area contributed by atoms with Gasteiger partial charge in [-0.05, 0) is 44.0 Å². The van der Waals surface area contributed by atoms with Crippen molar-refractivity contribution in [3.8, 4) is 5.75 Å². The van der Waals surface area contributed by atoms with Crippen LogP contribution in [0.15, 0.2) is 39.5 Å². The van der Waals surface area contributed by atoms with Gasteiger partial charge in [-0.25, -0.2) is 4.79 Å². The van der Waals surface area contributed by atoms with E-state index in [-0.39, 0.29) is 28.9 Å². The van der Waals surface area contributed by atoms with Crippen LogP contribution in [0.5, 0.6) is 5.75 Å². The number of carbonyl (C=O) groups is 2. The largest absolute Gasteiger partial charge is 0.507 e. The lowest BCUT2D eigenvalue weighted by Gasteiger charge is -2.21. The predicted octanol–water partition coefficient (Wildman–Crippen LogP) is 3.01. The molecule has 0 aromatic heterocycles. The Kier molecular flexibility index (Phi) is 5.48. The monoisotopic (exact) mass is 421 g/mol. The van der Waals surface area contributed by atoms with Crippen LogP contribution in [0.1, 0.15) is 25.3 Å². The molecule has 2 aliphatic heterocycles. The number of halogens is 1. The standard InChI is InChI=1S/C19H20BrNO5/c1-11-17(19(24)25-2)15(9-12-8-13(20)5-6-16(12)22)18(23)21(11)10-14-4-3-7-26-14/h5-6,8-9,14,22H,3-4,7,10H2,1-2H3/b15-9-. The van der Waals surface area contributed by atoms with Crippen molar-refractivity contribution in [1.82, 2.24) is 4.90 Å². The Balaban J connectivity index is 2.02. The van der Waals surface area contributed by atoms with E-state index in [1.807, 2.05) is 0 Å². The number of esters is 1. The predicted molar refractivity (Wildman–Crippen MR) is 99.2 cm³/mol. The minimum absolute atomic E-state index is 0.0212. The first-order valence-electron chi connectivity index (χ1n) is 8.35. The summed E-state index contributed by atoms with van der Waals surface area (Å²) >= 11 is 3.34. The van der Waals surface area contributed by atoms with Gasteiger partial charge in [-0.15, -0.1) is 0 Å². The number of allylic oxidation sites excluding steroid dienone is 1. The van der Waals surface area contributed by atoms with E-state index in [0.717, 1.165) is 17.3 Å². The van der Waals surface area contributed by atoms with Crippen molar-refractivity contribution in [1.29, 1.82) is 0 Å². The molecule has 1 fully saturated rings. The molecule has 1 saturated heterocycles. The molecule has 1 aromatic carbocycles. The van der Waals surface area contributed by atoms with Gasteiger partial charge in [-0.2, -0.15) is 0 Å². The number of hydrogen-bond donors (Lipinski definition) is 1. The SMILES string of the molecule is COC(=O)C1=C(C)N(CC2CCCO2)C(=O)/C1=C\c1cc(Br)ccc1O. The van der Waals surface area contributed by atoms with Crippen molar-refractivity contribution in [2.45, 2.75) is 25.9 Å². The second-order valence-electron chi connectivity index (χ2n) is 6.26. The van der Waals surface area contributed by atoms with Crippen molar-refractivity contribution < 1.29 is 24.2 Å². The Morgan fingerprint density at radius 2 is 2.27 bits per heavy atom. The molecule has 1 N–H and O–H groups in total. The normalized spacial score (nSPS) is 21.8. The summed E-state index contributed by atoms with van der Waals surface area (Å²) in [5.41, 5.74) is 1.41. The fraction of sp³-hybridized carbons (Fsp3) is 0.368. The van der Waals surface area contributed by atoms with Gasteiger partial charge < -0.3 is 19.5 Å². The molecule has 1 atom stereocenters. The van der Waals surface area contributed by atoms with Crippen LogP contribution in [0.25, 0.3) is 6.08 Å². The summed E-state index contributed by atoms with van der Waals surface area (Å²) in [6.45, 7) is 2.81. The summed E-state index contributed by atoms with van der Waals surface area (Å²) in [6, 6.07) is 4.90. The summed E-state index contributed by atoms with van der Waals surface area (Å²) < 4.78 is 11.3. The summed E-state index contributed by atoms with van der Waals surface area (Å²) in [7, 11) is 1.28. The fourth-order valence-corrected chi connectivity index (χ4v) is 3.62. The van der Waals surface area contributed by atoms with E-state index in [1.54, 1.807) is 24.0 Å². The highest BCUT2D eigenvalue weighted by atomic mass is 79.9. The van der Waals surface area contributed by atoms with Crippen LogP contribution in [0.4, 0.5) is 0 Å². The van der Waals surface area contributed by atoms with Crippen LogP contribution in [0.2, 0.25) is 0 Å². The minimum Gasteiger partial charge on any atom is -0.507 e. The number of amides is 1. The van der Waals surface area contributed by atoms with Crippen LogP contribution < -0.4 is 0 Å². The van der Waals surface area contributed by atoms with Crippen molar-refractivity contribution >= 4 is 33.9 Å². The number of phenols is 1. The van der Waals surface area contributed by atoms with Gasteiger partial charge in [0, 0.05) is 22.3 Å². The van der Waals surface area contributed by atoms with Crippen LogP contribution in [-0.2, 0) is 19.1 Å². The van der Waals surface area contributed by atoms with Gasteiger partial charge in [0.1, 0.15) is 5.75 Å². The van der Waals surface area contributed by atoms with Gasteiger partial charge in [-0.3, -0.25) is 4.79 Å². The molecule has 0 aliphatic carbocycles. The molecule has 138 valence electrons. The summed E-state index contributed by atoms with van der Waals surface area (Å²) in [5, 5.41) is 10.1.